The maximum Gasteiger partial charge on any atom is 0.337 e. The number of ether oxygens (including phenoxy) is 1. The van der Waals surface area contributed by atoms with Crippen LogP contribution in [0.4, 0.5) is 11.4 Å². The molecule has 1 amide bonds. The Balaban J connectivity index is 1.73. The van der Waals surface area contributed by atoms with Crippen molar-refractivity contribution in [1.29, 1.82) is 0 Å². The Hall–Kier alpha value is -3.02. The number of amides is 1. The fourth-order valence-electron chi connectivity index (χ4n) is 3.56. The van der Waals surface area contributed by atoms with Gasteiger partial charge in [0.2, 0.25) is 5.91 Å². The molecule has 6 heteroatoms. The van der Waals surface area contributed by atoms with E-state index in [2.05, 4.69) is 17.1 Å². The second-order valence-corrected chi connectivity index (χ2v) is 7.30. The van der Waals surface area contributed by atoms with E-state index in [0.29, 0.717) is 11.6 Å². The normalized spacial score (nSPS) is 16.5. The topological polar surface area (TPSA) is 78.9 Å². The molecule has 1 fully saturated rings. The summed E-state index contributed by atoms with van der Waals surface area (Å²) in [5.41, 5.74) is 2.14. The number of piperidine rings is 1. The third-order valence-electron chi connectivity index (χ3n) is 5.05. The number of anilines is 2. The molecule has 1 aliphatic rings. The highest BCUT2D eigenvalue weighted by atomic mass is 16.5. The summed E-state index contributed by atoms with van der Waals surface area (Å²) in [5, 5.41) is 12.4. The number of hydrogen-bond acceptors (Lipinski definition) is 4. The average molecular weight is 382 g/mol. The van der Waals surface area contributed by atoms with E-state index in [-0.39, 0.29) is 17.9 Å². The molecule has 2 aromatic rings. The number of carboxylic acid groups (broad SMARTS) is 1. The van der Waals surface area contributed by atoms with Crippen LogP contribution in [-0.4, -0.2) is 37.2 Å². The van der Waals surface area contributed by atoms with E-state index in [1.54, 1.807) is 31.4 Å². The Morgan fingerprint density at radius 1 is 1.21 bits per heavy atom. The molecule has 1 aliphatic heterocycles. The van der Waals surface area contributed by atoms with Gasteiger partial charge in [0.05, 0.1) is 24.8 Å². The van der Waals surface area contributed by atoms with Gasteiger partial charge in [-0.2, -0.15) is 0 Å². The van der Waals surface area contributed by atoms with Gasteiger partial charge in [0, 0.05) is 18.8 Å². The first-order valence-electron chi connectivity index (χ1n) is 9.51. The number of carboxylic acids is 1. The zero-order valence-electron chi connectivity index (χ0n) is 16.3. The van der Waals surface area contributed by atoms with E-state index in [4.69, 9.17) is 4.74 Å². The van der Waals surface area contributed by atoms with Crippen LogP contribution in [0, 0.1) is 5.92 Å². The minimum absolute atomic E-state index is 0.110. The first-order chi connectivity index (χ1) is 13.5. The van der Waals surface area contributed by atoms with E-state index in [1.165, 1.54) is 6.42 Å². The van der Waals surface area contributed by atoms with Crippen molar-refractivity contribution in [1.82, 2.24) is 0 Å². The van der Waals surface area contributed by atoms with Crippen LogP contribution in [0.15, 0.2) is 42.5 Å². The number of methoxy groups -OCH3 is 1. The molecule has 2 aromatic carbocycles. The number of nitrogens with zero attached hydrogens (tertiary/aromatic N) is 1. The van der Waals surface area contributed by atoms with Crippen LogP contribution < -0.4 is 15.0 Å². The van der Waals surface area contributed by atoms with E-state index in [1.807, 2.05) is 18.2 Å². The number of carbonyl (C=O) groups is 2. The number of nitrogens with one attached hydrogen (secondary N) is 1. The molecule has 6 nitrogen and oxygen atoms in total. The van der Waals surface area contributed by atoms with Gasteiger partial charge in [0.25, 0.3) is 0 Å². The third kappa shape index (κ3) is 4.82. The Labute approximate surface area is 165 Å². The number of aromatic carboxylic acids is 1. The minimum Gasteiger partial charge on any atom is -0.497 e. The number of hydrogen-bond donors (Lipinski definition) is 2. The largest absolute Gasteiger partial charge is 0.497 e. The SMILES string of the molecule is COc1ccc(CC(=O)Nc2ccc(N3CCCC(C)C3)cc2C(=O)O)cc1. The standard InChI is InChI=1S/C22H26N2O4/c1-15-4-3-11-24(14-15)17-7-10-20(19(13-17)22(26)27)23-21(25)12-16-5-8-18(28-2)9-6-16/h5-10,13,15H,3-4,11-12,14H2,1-2H3,(H,23,25)(H,26,27). The molecule has 0 spiro atoms. The summed E-state index contributed by atoms with van der Waals surface area (Å²) in [5.74, 6) is 0.00418. The predicted octanol–water partition coefficient (Wildman–Crippen LogP) is 3.81. The highest BCUT2D eigenvalue weighted by Crippen LogP contribution is 2.27. The molecule has 3 rings (SSSR count). The lowest BCUT2D eigenvalue weighted by atomic mass is 9.99. The molecule has 0 saturated carbocycles. The van der Waals surface area contributed by atoms with Gasteiger partial charge in [-0.25, -0.2) is 4.79 Å². The minimum atomic E-state index is -1.05. The molecule has 1 saturated heterocycles. The summed E-state index contributed by atoms with van der Waals surface area (Å²) in [6, 6.07) is 12.4. The maximum absolute atomic E-state index is 12.4. The smallest absolute Gasteiger partial charge is 0.337 e. The van der Waals surface area contributed by atoms with Gasteiger partial charge in [-0.1, -0.05) is 19.1 Å². The monoisotopic (exact) mass is 382 g/mol. The third-order valence-corrected chi connectivity index (χ3v) is 5.05. The van der Waals surface area contributed by atoms with Gasteiger partial charge in [-0.15, -0.1) is 0 Å². The van der Waals surface area contributed by atoms with Crippen molar-refractivity contribution < 1.29 is 19.4 Å². The van der Waals surface area contributed by atoms with Crippen LogP contribution in [0.1, 0.15) is 35.7 Å². The van der Waals surface area contributed by atoms with E-state index >= 15 is 0 Å². The van der Waals surface area contributed by atoms with Gasteiger partial charge in [0.15, 0.2) is 0 Å². The number of rotatable bonds is 6. The highest BCUT2D eigenvalue weighted by Gasteiger charge is 2.20. The molecule has 1 unspecified atom stereocenters. The zero-order valence-corrected chi connectivity index (χ0v) is 16.3. The number of carbonyl (C=O) groups excluding carboxylic acids is 1. The van der Waals surface area contributed by atoms with Crippen molar-refractivity contribution in [3.63, 3.8) is 0 Å². The fraction of sp³-hybridized carbons (Fsp3) is 0.364. The van der Waals surface area contributed by atoms with Crippen LogP contribution in [0.25, 0.3) is 0 Å². The molecular formula is C22H26N2O4. The van der Waals surface area contributed by atoms with Gasteiger partial charge in [0.1, 0.15) is 5.75 Å². The maximum atomic E-state index is 12.4. The summed E-state index contributed by atoms with van der Waals surface area (Å²) >= 11 is 0. The van der Waals surface area contributed by atoms with E-state index < -0.39 is 5.97 Å². The van der Waals surface area contributed by atoms with Gasteiger partial charge >= 0.3 is 5.97 Å². The van der Waals surface area contributed by atoms with Gasteiger partial charge in [-0.3, -0.25) is 4.79 Å². The lowest BCUT2D eigenvalue weighted by Crippen LogP contribution is -2.34. The summed E-state index contributed by atoms with van der Waals surface area (Å²) < 4.78 is 5.11. The Bertz CT molecular complexity index is 848. The molecule has 0 radical (unpaired) electrons. The Morgan fingerprint density at radius 3 is 2.61 bits per heavy atom. The predicted molar refractivity (Wildman–Crippen MR) is 109 cm³/mol. The van der Waals surface area contributed by atoms with E-state index in [0.717, 1.165) is 36.5 Å². The lowest BCUT2D eigenvalue weighted by molar-refractivity contribution is -0.115. The van der Waals surface area contributed by atoms with Crippen LogP contribution in [0.5, 0.6) is 5.75 Å². The van der Waals surface area contributed by atoms with Crippen molar-refractivity contribution in [2.75, 3.05) is 30.4 Å². The summed E-state index contributed by atoms with van der Waals surface area (Å²) in [7, 11) is 1.59. The molecule has 0 bridgehead atoms. The molecule has 148 valence electrons. The Morgan fingerprint density at radius 2 is 1.96 bits per heavy atom. The molecule has 0 aromatic heterocycles. The summed E-state index contributed by atoms with van der Waals surface area (Å²) in [4.78, 5) is 26.4. The lowest BCUT2D eigenvalue weighted by Gasteiger charge is -2.33. The highest BCUT2D eigenvalue weighted by molar-refractivity contribution is 6.01. The number of benzene rings is 2. The second kappa shape index (κ2) is 8.78. The quantitative estimate of drug-likeness (QED) is 0.794. The Kier molecular flexibility index (Phi) is 6.19. The van der Waals surface area contributed by atoms with Crippen molar-refractivity contribution in [2.45, 2.75) is 26.2 Å². The fourth-order valence-corrected chi connectivity index (χ4v) is 3.56. The molecule has 0 aliphatic carbocycles. The van der Waals surface area contributed by atoms with Gasteiger partial charge < -0.3 is 20.1 Å². The van der Waals surface area contributed by atoms with Crippen molar-refractivity contribution in [3.05, 3.63) is 53.6 Å². The first-order valence-corrected chi connectivity index (χ1v) is 9.51. The first kappa shape index (κ1) is 19.7. The van der Waals surface area contributed by atoms with Crippen LogP contribution in [0.2, 0.25) is 0 Å². The molecule has 28 heavy (non-hydrogen) atoms. The van der Waals surface area contributed by atoms with Crippen LogP contribution in [-0.2, 0) is 11.2 Å². The second-order valence-electron chi connectivity index (χ2n) is 7.30. The van der Waals surface area contributed by atoms with Gasteiger partial charge in [-0.05, 0) is 54.7 Å². The summed E-state index contributed by atoms with van der Waals surface area (Å²) in [6.07, 6.45) is 2.46. The summed E-state index contributed by atoms with van der Waals surface area (Å²) in [6.45, 7) is 4.05. The molecule has 1 atom stereocenters. The van der Waals surface area contributed by atoms with Crippen LogP contribution >= 0.6 is 0 Å². The average Bonchev–Trinajstić information content (AvgIpc) is 2.68. The van der Waals surface area contributed by atoms with Crippen molar-refractivity contribution >= 4 is 23.3 Å². The van der Waals surface area contributed by atoms with E-state index in [9.17, 15) is 14.7 Å². The van der Waals surface area contributed by atoms with Crippen LogP contribution in [0.3, 0.4) is 0 Å². The molecular weight excluding hydrogens is 356 g/mol. The molecule has 1 heterocycles. The molecule has 2 N–H and O–H groups in total. The zero-order chi connectivity index (χ0) is 20.1. The van der Waals surface area contributed by atoms with Crippen molar-refractivity contribution in [2.24, 2.45) is 5.92 Å². The van der Waals surface area contributed by atoms with Crippen molar-refractivity contribution in [3.8, 4) is 5.75 Å².